The summed E-state index contributed by atoms with van der Waals surface area (Å²) in [5.74, 6) is -0.431. The number of halogens is 1. The van der Waals surface area contributed by atoms with Crippen molar-refractivity contribution in [3.8, 4) is 10.4 Å². The second kappa shape index (κ2) is 11.6. The van der Waals surface area contributed by atoms with Crippen molar-refractivity contribution >= 4 is 49.8 Å². The standard InChI is InChI=1S/C23H30ClN3O5S2/c1-14-21(16-10-11-18(24)19(13-16)34(3,30)31)33-23(26-14)27-20(28)9-6-12-25-15(2)22(29)32-17-7-4-5-8-17/h10-11,13,15,17,25H,4-9,12H2,1-3H3,(H,26,27,28)/t15-/m0/s1. The number of nitrogens with zero attached hydrogens (tertiary/aromatic N) is 1. The molecule has 0 unspecified atom stereocenters. The number of amides is 1. The maximum Gasteiger partial charge on any atom is 0.323 e. The number of ether oxygens (including phenoxy) is 1. The lowest BCUT2D eigenvalue weighted by Gasteiger charge is -2.16. The molecule has 34 heavy (non-hydrogen) atoms. The average Bonchev–Trinajstić information content (AvgIpc) is 3.40. The van der Waals surface area contributed by atoms with E-state index in [0.717, 1.165) is 36.8 Å². The molecule has 0 bridgehead atoms. The van der Waals surface area contributed by atoms with Gasteiger partial charge in [-0.1, -0.05) is 29.0 Å². The summed E-state index contributed by atoms with van der Waals surface area (Å²) in [6.07, 6.45) is 6.06. The van der Waals surface area contributed by atoms with E-state index in [1.54, 1.807) is 26.0 Å². The molecule has 1 atom stereocenters. The summed E-state index contributed by atoms with van der Waals surface area (Å²) in [6.45, 7) is 4.07. The zero-order chi connectivity index (χ0) is 24.9. The van der Waals surface area contributed by atoms with Crippen LogP contribution in [0.25, 0.3) is 10.4 Å². The smallest absolute Gasteiger partial charge is 0.323 e. The number of benzene rings is 1. The molecule has 2 aromatic rings. The van der Waals surface area contributed by atoms with Gasteiger partial charge in [0.25, 0.3) is 0 Å². The maximum absolute atomic E-state index is 12.3. The number of hydrogen-bond acceptors (Lipinski definition) is 8. The Balaban J connectivity index is 1.49. The van der Waals surface area contributed by atoms with Crippen LogP contribution < -0.4 is 10.6 Å². The lowest BCUT2D eigenvalue weighted by molar-refractivity contribution is -0.150. The number of aromatic nitrogens is 1. The quantitative estimate of drug-likeness (QED) is 0.348. The fourth-order valence-corrected chi connectivity index (χ4v) is 6.03. The summed E-state index contributed by atoms with van der Waals surface area (Å²) >= 11 is 7.31. The van der Waals surface area contributed by atoms with Gasteiger partial charge in [0.2, 0.25) is 5.91 Å². The zero-order valence-electron chi connectivity index (χ0n) is 19.5. The van der Waals surface area contributed by atoms with Gasteiger partial charge in [0.1, 0.15) is 12.1 Å². The second-order valence-electron chi connectivity index (χ2n) is 8.52. The van der Waals surface area contributed by atoms with E-state index in [1.165, 1.54) is 17.4 Å². The number of carbonyl (C=O) groups is 2. The van der Waals surface area contributed by atoms with Crippen LogP contribution in [0.2, 0.25) is 5.02 Å². The summed E-state index contributed by atoms with van der Waals surface area (Å²) in [4.78, 5) is 29.7. The Bertz CT molecular complexity index is 1140. The lowest BCUT2D eigenvalue weighted by atomic mass is 10.2. The van der Waals surface area contributed by atoms with Crippen LogP contribution >= 0.6 is 22.9 Å². The van der Waals surface area contributed by atoms with Gasteiger partial charge in [0.05, 0.1) is 20.5 Å². The molecule has 1 heterocycles. The molecule has 0 radical (unpaired) electrons. The molecule has 0 spiro atoms. The van der Waals surface area contributed by atoms with E-state index in [4.69, 9.17) is 16.3 Å². The molecule has 1 aliphatic rings. The highest BCUT2D eigenvalue weighted by molar-refractivity contribution is 7.90. The Morgan fingerprint density at radius 3 is 2.68 bits per heavy atom. The molecule has 1 saturated carbocycles. The van der Waals surface area contributed by atoms with E-state index in [0.29, 0.717) is 29.4 Å². The normalized spacial score (nSPS) is 15.3. The van der Waals surface area contributed by atoms with Crippen LogP contribution in [0.15, 0.2) is 23.1 Å². The van der Waals surface area contributed by atoms with Crippen molar-refractivity contribution in [1.29, 1.82) is 0 Å². The van der Waals surface area contributed by atoms with Gasteiger partial charge in [-0.2, -0.15) is 0 Å². The third kappa shape index (κ3) is 7.24. The summed E-state index contributed by atoms with van der Waals surface area (Å²) in [6, 6.07) is 4.38. The first-order valence-electron chi connectivity index (χ1n) is 11.3. The summed E-state index contributed by atoms with van der Waals surface area (Å²) in [5, 5.41) is 6.50. The van der Waals surface area contributed by atoms with E-state index in [2.05, 4.69) is 15.6 Å². The van der Waals surface area contributed by atoms with Crippen LogP contribution in [0.1, 0.15) is 51.1 Å². The third-order valence-corrected chi connectivity index (χ3v) is 8.31. The topological polar surface area (TPSA) is 114 Å². The number of carbonyl (C=O) groups excluding carboxylic acids is 2. The van der Waals surface area contributed by atoms with Crippen molar-refractivity contribution < 1.29 is 22.7 Å². The first kappa shape index (κ1) is 26.6. The fourth-order valence-electron chi connectivity index (χ4n) is 3.75. The zero-order valence-corrected chi connectivity index (χ0v) is 21.9. The van der Waals surface area contributed by atoms with Gasteiger partial charge >= 0.3 is 5.97 Å². The summed E-state index contributed by atoms with van der Waals surface area (Å²) in [5.41, 5.74) is 1.35. The van der Waals surface area contributed by atoms with Crippen molar-refractivity contribution in [3.05, 3.63) is 28.9 Å². The number of rotatable bonds is 10. The van der Waals surface area contributed by atoms with Gasteiger partial charge in [-0.15, -0.1) is 0 Å². The van der Waals surface area contributed by atoms with Crippen molar-refractivity contribution in [2.75, 3.05) is 18.1 Å². The Morgan fingerprint density at radius 2 is 2.00 bits per heavy atom. The number of esters is 1. The molecule has 0 saturated heterocycles. The van der Waals surface area contributed by atoms with Crippen molar-refractivity contribution in [3.63, 3.8) is 0 Å². The molecule has 2 N–H and O–H groups in total. The molecule has 11 heteroatoms. The molecule has 1 amide bonds. The summed E-state index contributed by atoms with van der Waals surface area (Å²) in [7, 11) is -3.47. The number of anilines is 1. The Morgan fingerprint density at radius 1 is 1.29 bits per heavy atom. The predicted octanol–water partition coefficient (Wildman–Crippen LogP) is 4.36. The Hall–Kier alpha value is -2.01. The van der Waals surface area contributed by atoms with Gasteiger partial charge in [0.15, 0.2) is 15.0 Å². The molecule has 8 nitrogen and oxygen atoms in total. The first-order chi connectivity index (χ1) is 16.0. The minimum atomic E-state index is -3.47. The predicted molar refractivity (Wildman–Crippen MR) is 134 cm³/mol. The second-order valence-corrected chi connectivity index (χ2v) is 11.9. The molecule has 1 aliphatic carbocycles. The summed E-state index contributed by atoms with van der Waals surface area (Å²) < 4.78 is 29.4. The highest BCUT2D eigenvalue weighted by Crippen LogP contribution is 2.35. The number of sulfone groups is 1. The largest absolute Gasteiger partial charge is 0.461 e. The third-order valence-electron chi connectivity index (χ3n) is 5.61. The van der Waals surface area contributed by atoms with Crippen molar-refractivity contribution in [2.24, 2.45) is 0 Å². The first-order valence-corrected chi connectivity index (χ1v) is 14.3. The molecule has 186 valence electrons. The highest BCUT2D eigenvalue weighted by Gasteiger charge is 2.22. The number of nitrogens with one attached hydrogen (secondary N) is 2. The van der Waals surface area contributed by atoms with Crippen LogP contribution in [-0.4, -0.2) is 50.2 Å². The number of aryl methyl sites for hydroxylation is 1. The van der Waals surface area contributed by atoms with E-state index in [9.17, 15) is 18.0 Å². The van der Waals surface area contributed by atoms with Crippen LogP contribution in [0, 0.1) is 6.92 Å². The van der Waals surface area contributed by atoms with Crippen molar-refractivity contribution in [2.45, 2.75) is 69.4 Å². The van der Waals surface area contributed by atoms with Gasteiger partial charge in [-0.25, -0.2) is 13.4 Å². The van der Waals surface area contributed by atoms with E-state index in [-0.39, 0.29) is 34.3 Å². The van der Waals surface area contributed by atoms with Crippen molar-refractivity contribution in [1.82, 2.24) is 10.3 Å². The molecule has 1 fully saturated rings. The molecule has 1 aromatic heterocycles. The fraction of sp³-hybridized carbons (Fsp3) is 0.522. The van der Waals surface area contributed by atoms with Gasteiger partial charge in [-0.3, -0.25) is 9.59 Å². The number of thiazole rings is 1. The number of hydrogen-bond donors (Lipinski definition) is 2. The highest BCUT2D eigenvalue weighted by atomic mass is 35.5. The van der Waals surface area contributed by atoms with Gasteiger partial charge in [-0.05, 0) is 70.2 Å². The van der Waals surface area contributed by atoms with Gasteiger partial charge < -0.3 is 15.4 Å². The van der Waals surface area contributed by atoms with Gasteiger partial charge in [0, 0.05) is 12.7 Å². The molecule has 1 aromatic carbocycles. The molecular formula is C23H30ClN3O5S2. The molecule has 0 aliphatic heterocycles. The minimum absolute atomic E-state index is 0.0417. The Kier molecular flexibility index (Phi) is 9.08. The molecular weight excluding hydrogens is 498 g/mol. The Labute approximate surface area is 209 Å². The maximum atomic E-state index is 12.3. The van der Waals surface area contributed by atoms with E-state index >= 15 is 0 Å². The lowest BCUT2D eigenvalue weighted by Crippen LogP contribution is -2.37. The minimum Gasteiger partial charge on any atom is -0.461 e. The van der Waals surface area contributed by atoms with Crippen LogP contribution in [-0.2, 0) is 24.2 Å². The van der Waals surface area contributed by atoms with E-state index < -0.39 is 15.9 Å². The van der Waals surface area contributed by atoms with Crippen LogP contribution in [0.4, 0.5) is 5.13 Å². The SMILES string of the molecule is Cc1nc(NC(=O)CCCN[C@@H](C)C(=O)OC2CCCC2)sc1-c1ccc(Cl)c(S(C)(=O)=O)c1. The van der Waals surface area contributed by atoms with E-state index in [1.807, 2.05) is 0 Å². The molecule has 3 rings (SSSR count). The monoisotopic (exact) mass is 527 g/mol. The van der Waals surface area contributed by atoms with Crippen LogP contribution in [0.3, 0.4) is 0 Å². The average molecular weight is 528 g/mol. The van der Waals surface area contributed by atoms with Crippen LogP contribution in [0.5, 0.6) is 0 Å².